The third-order valence-electron chi connectivity index (χ3n) is 2.70. The maximum absolute atomic E-state index is 13.7. The van der Waals surface area contributed by atoms with E-state index in [1.807, 2.05) is 25.1 Å². The zero-order valence-corrected chi connectivity index (χ0v) is 11.5. The van der Waals surface area contributed by atoms with Crippen molar-refractivity contribution in [2.45, 2.75) is 17.6 Å². The molecule has 2 rings (SSSR count). The highest BCUT2D eigenvalue weighted by molar-refractivity contribution is 7.98. The molecule has 0 heterocycles. The second kappa shape index (κ2) is 5.63. The van der Waals surface area contributed by atoms with Crippen molar-refractivity contribution in [3.63, 3.8) is 0 Å². The quantitative estimate of drug-likeness (QED) is 0.654. The molecule has 0 aliphatic rings. The minimum atomic E-state index is -0.349. The summed E-state index contributed by atoms with van der Waals surface area (Å²) in [4.78, 5) is 0.967. The Bertz CT molecular complexity index is 520. The topological polar surface area (TPSA) is 26.0 Å². The van der Waals surface area contributed by atoms with Crippen LogP contribution >= 0.6 is 23.4 Å². The summed E-state index contributed by atoms with van der Waals surface area (Å²) in [6, 6.07) is 10.9. The fourth-order valence-electron chi connectivity index (χ4n) is 1.60. The first-order valence-corrected chi connectivity index (χ1v) is 6.86. The van der Waals surface area contributed by atoms with E-state index in [4.69, 9.17) is 17.3 Å². The van der Waals surface area contributed by atoms with Crippen LogP contribution < -0.4 is 5.73 Å². The molecule has 0 aromatic heterocycles. The third kappa shape index (κ3) is 2.79. The molecule has 18 heavy (non-hydrogen) atoms. The smallest absolute Gasteiger partial charge is 0.145 e. The molecule has 0 saturated carbocycles. The minimum Gasteiger partial charge on any atom is -0.398 e. The molecular weight excluding hydrogens is 269 g/mol. The van der Waals surface area contributed by atoms with Gasteiger partial charge < -0.3 is 5.73 Å². The SMILES string of the molecule is Cc1cccc(SCc2cccc(Cl)c2F)c1N. The maximum Gasteiger partial charge on any atom is 0.145 e. The summed E-state index contributed by atoms with van der Waals surface area (Å²) >= 11 is 7.26. The summed E-state index contributed by atoms with van der Waals surface area (Å²) in [6.45, 7) is 1.96. The molecule has 0 unspecified atom stereocenters. The molecule has 0 radical (unpaired) electrons. The van der Waals surface area contributed by atoms with Gasteiger partial charge in [0.05, 0.1) is 5.02 Å². The first-order chi connectivity index (χ1) is 8.59. The zero-order chi connectivity index (χ0) is 13.1. The molecule has 4 heteroatoms. The van der Waals surface area contributed by atoms with Crippen LogP contribution in [-0.2, 0) is 5.75 Å². The Morgan fingerprint density at radius 2 is 1.94 bits per heavy atom. The number of para-hydroxylation sites is 1. The highest BCUT2D eigenvalue weighted by Gasteiger charge is 2.08. The van der Waals surface area contributed by atoms with Gasteiger partial charge in [0.1, 0.15) is 5.82 Å². The summed E-state index contributed by atoms with van der Waals surface area (Å²) in [5.74, 6) is 0.165. The highest BCUT2D eigenvalue weighted by atomic mass is 35.5. The van der Waals surface area contributed by atoms with Gasteiger partial charge in [0.25, 0.3) is 0 Å². The van der Waals surface area contributed by atoms with Gasteiger partial charge in [-0.2, -0.15) is 0 Å². The summed E-state index contributed by atoms with van der Waals surface area (Å²) in [5.41, 5.74) is 8.35. The predicted octanol–water partition coefficient (Wildman–Crippen LogP) is 4.66. The van der Waals surface area contributed by atoms with E-state index in [0.717, 1.165) is 16.1 Å². The second-order valence-electron chi connectivity index (χ2n) is 3.99. The van der Waals surface area contributed by atoms with E-state index in [2.05, 4.69) is 0 Å². The Labute approximate surface area is 115 Å². The minimum absolute atomic E-state index is 0.158. The number of aryl methyl sites for hydroxylation is 1. The van der Waals surface area contributed by atoms with E-state index in [-0.39, 0.29) is 10.8 Å². The van der Waals surface area contributed by atoms with Gasteiger partial charge in [-0.3, -0.25) is 0 Å². The molecule has 2 N–H and O–H groups in total. The van der Waals surface area contributed by atoms with Crippen molar-refractivity contribution >= 4 is 29.1 Å². The number of hydrogen-bond donors (Lipinski definition) is 1. The number of thioether (sulfide) groups is 1. The molecule has 0 atom stereocenters. The van der Waals surface area contributed by atoms with Crippen molar-refractivity contribution in [3.8, 4) is 0 Å². The molecule has 2 aromatic carbocycles. The molecule has 2 aromatic rings. The normalized spacial score (nSPS) is 10.6. The maximum atomic E-state index is 13.7. The van der Waals surface area contributed by atoms with Crippen LogP contribution in [0, 0.1) is 12.7 Å². The number of nitrogen functional groups attached to an aromatic ring is 1. The lowest BCUT2D eigenvalue weighted by Gasteiger charge is -2.08. The summed E-state index contributed by atoms with van der Waals surface area (Å²) in [6.07, 6.45) is 0. The fraction of sp³-hybridized carbons (Fsp3) is 0.143. The molecule has 0 saturated heterocycles. The van der Waals surface area contributed by atoms with E-state index in [9.17, 15) is 4.39 Å². The van der Waals surface area contributed by atoms with Crippen molar-refractivity contribution in [1.29, 1.82) is 0 Å². The van der Waals surface area contributed by atoms with Crippen LogP contribution in [0.5, 0.6) is 0 Å². The molecule has 0 bridgehead atoms. The zero-order valence-electron chi connectivity index (χ0n) is 9.91. The van der Waals surface area contributed by atoms with E-state index in [0.29, 0.717) is 11.3 Å². The van der Waals surface area contributed by atoms with Crippen LogP contribution in [0.3, 0.4) is 0 Å². The number of hydrogen-bond acceptors (Lipinski definition) is 2. The molecule has 1 nitrogen and oxygen atoms in total. The van der Waals surface area contributed by atoms with Crippen LogP contribution in [0.25, 0.3) is 0 Å². The van der Waals surface area contributed by atoms with Crippen LogP contribution in [-0.4, -0.2) is 0 Å². The van der Waals surface area contributed by atoms with Crippen LogP contribution in [0.15, 0.2) is 41.3 Å². The highest BCUT2D eigenvalue weighted by Crippen LogP contribution is 2.31. The molecule has 0 spiro atoms. The van der Waals surface area contributed by atoms with E-state index < -0.39 is 0 Å². The van der Waals surface area contributed by atoms with Gasteiger partial charge in [-0.1, -0.05) is 35.9 Å². The Hall–Kier alpha value is -1.19. The van der Waals surface area contributed by atoms with Gasteiger partial charge in [0.2, 0.25) is 0 Å². The Balaban J connectivity index is 2.17. The van der Waals surface area contributed by atoms with Crippen molar-refractivity contribution in [1.82, 2.24) is 0 Å². The number of rotatable bonds is 3. The second-order valence-corrected chi connectivity index (χ2v) is 5.41. The van der Waals surface area contributed by atoms with Crippen molar-refractivity contribution in [2.75, 3.05) is 5.73 Å². The number of anilines is 1. The van der Waals surface area contributed by atoms with Gasteiger partial charge in [-0.15, -0.1) is 11.8 Å². The lowest BCUT2D eigenvalue weighted by Crippen LogP contribution is -1.93. The molecular formula is C14H13ClFNS. The molecule has 94 valence electrons. The fourth-order valence-corrected chi connectivity index (χ4v) is 2.81. The van der Waals surface area contributed by atoms with E-state index in [1.54, 1.807) is 18.2 Å². The first kappa shape index (κ1) is 13.2. The van der Waals surface area contributed by atoms with E-state index in [1.165, 1.54) is 11.8 Å². The van der Waals surface area contributed by atoms with Gasteiger partial charge >= 0.3 is 0 Å². The lowest BCUT2D eigenvalue weighted by atomic mass is 10.2. The Morgan fingerprint density at radius 3 is 2.72 bits per heavy atom. The van der Waals surface area contributed by atoms with Crippen LogP contribution in [0.1, 0.15) is 11.1 Å². The molecule has 0 fully saturated rings. The van der Waals surface area contributed by atoms with Crippen molar-refractivity contribution in [2.24, 2.45) is 0 Å². The van der Waals surface area contributed by atoms with Gasteiger partial charge in [-0.25, -0.2) is 4.39 Å². The van der Waals surface area contributed by atoms with Gasteiger partial charge in [-0.05, 0) is 30.2 Å². The summed E-state index contributed by atoms with van der Waals surface area (Å²) in [7, 11) is 0. The predicted molar refractivity (Wildman–Crippen MR) is 76.6 cm³/mol. The van der Waals surface area contributed by atoms with Gasteiger partial charge in [0.15, 0.2) is 0 Å². The summed E-state index contributed by atoms with van der Waals surface area (Å²) in [5, 5.41) is 0.158. The monoisotopic (exact) mass is 281 g/mol. The largest absolute Gasteiger partial charge is 0.398 e. The average Bonchev–Trinajstić information content (AvgIpc) is 2.36. The number of nitrogens with two attached hydrogens (primary N) is 1. The Morgan fingerprint density at radius 1 is 1.22 bits per heavy atom. The lowest BCUT2D eigenvalue weighted by molar-refractivity contribution is 0.618. The number of halogens is 2. The third-order valence-corrected chi connectivity index (χ3v) is 4.11. The van der Waals surface area contributed by atoms with Crippen molar-refractivity contribution < 1.29 is 4.39 Å². The molecule has 0 amide bonds. The van der Waals surface area contributed by atoms with Gasteiger partial charge in [0, 0.05) is 16.3 Å². The molecule has 0 aliphatic carbocycles. The molecule has 0 aliphatic heterocycles. The van der Waals surface area contributed by atoms with Crippen LogP contribution in [0.4, 0.5) is 10.1 Å². The summed E-state index contributed by atoms with van der Waals surface area (Å²) < 4.78 is 13.7. The Kier molecular flexibility index (Phi) is 4.15. The van der Waals surface area contributed by atoms with E-state index >= 15 is 0 Å². The van der Waals surface area contributed by atoms with Crippen molar-refractivity contribution in [3.05, 3.63) is 58.4 Å². The first-order valence-electron chi connectivity index (χ1n) is 5.50. The average molecular weight is 282 g/mol. The number of benzene rings is 2. The standard InChI is InChI=1S/C14H13ClFNS/c1-9-4-2-7-12(14(9)17)18-8-10-5-3-6-11(15)13(10)16/h2-7H,8,17H2,1H3. The van der Waals surface area contributed by atoms with Crippen LogP contribution in [0.2, 0.25) is 5.02 Å².